The number of hydrogen-bond acceptors (Lipinski definition) is 14. The van der Waals surface area contributed by atoms with E-state index in [1.165, 1.54) is 5.56 Å². The number of methoxy groups -OCH3 is 2. The fraction of sp³-hybridized carbons (Fsp3) is 0.379. The minimum Gasteiger partial charge on any atom is -0.493 e. The number of para-hydroxylation sites is 2. The van der Waals surface area contributed by atoms with Gasteiger partial charge in [-0.05, 0) is 115 Å². The molecule has 4 amide bonds. The lowest BCUT2D eigenvalue weighted by molar-refractivity contribution is -0.197. The molecule has 1 saturated heterocycles. The molecule has 5 aliphatic heterocycles. The van der Waals surface area contributed by atoms with E-state index in [1.54, 1.807) is 20.3 Å². The number of imide groups is 1. The molecule has 5 aromatic rings. The van der Waals surface area contributed by atoms with Crippen LogP contribution in [0, 0.1) is 6.92 Å². The number of nitrogens with zero attached hydrogens (tertiary/aromatic N) is 5. The van der Waals surface area contributed by atoms with Crippen LogP contribution >= 0.6 is 0 Å². The molecular weight excluding hydrogens is 959 g/mol. The van der Waals surface area contributed by atoms with Gasteiger partial charge in [-0.3, -0.25) is 29.1 Å². The predicted octanol–water partition coefficient (Wildman–Crippen LogP) is 7.84. The molecule has 5 aliphatic rings. The Labute approximate surface area is 435 Å². The maximum atomic E-state index is 14.2. The maximum absolute atomic E-state index is 14.2. The van der Waals surface area contributed by atoms with Crippen LogP contribution in [0.1, 0.15) is 86.2 Å². The van der Waals surface area contributed by atoms with E-state index in [9.17, 15) is 24.0 Å². The number of hydrogen-bond donors (Lipinski definition) is 0. The van der Waals surface area contributed by atoms with Crippen LogP contribution in [0.4, 0.5) is 22.7 Å². The number of ether oxygens (including phenoxy) is 6. The molecule has 0 N–H and O–H groups in total. The molecule has 0 saturated carbocycles. The average molecular weight is 1020 g/mol. The first-order valence-corrected chi connectivity index (χ1v) is 25.6. The van der Waals surface area contributed by atoms with Crippen molar-refractivity contribution in [3.05, 3.63) is 136 Å². The maximum Gasteiger partial charge on any atom is 0.333 e. The summed E-state index contributed by atoms with van der Waals surface area (Å²) < 4.78 is 35.8. The number of carbonyl (C=O) groups excluding carboxylic acids is 5. The van der Waals surface area contributed by atoms with Crippen molar-refractivity contribution in [2.75, 3.05) is 75.0 Å². The van der Waals surface area contributed by atoms with E-state index in [0.29, 0.717) is 105 Å². The monoisotopic (exact) mass is 1020 g/mol. The van der Waals surface area contributed by atoms with Crippen molar-refractivity contribution in [2.45, 2.75) is 83.6 Å². The normalized spacial score (nSPS) is 17.2. The third kappa shape index (κ3) is 11.1. The molecule has 17 heteroatoms. The largest absolute Gasteiger partial charge is 0.493 e. The molecule has 0 bridgehead atoms. The van der Waals surface area contributed by atoms with Crippen molar-refractivity contribution in [3.8, 4) is 17.2 Å². The number of rotatable bonds is 22. The van der Waals surface area contributed by atoms with Gasteiger partial charge in [-0.15, -0.1) is 5.06 Å². The first-order valence-electron chi connectivity index (χ1n) is 25.6. The Morgan fingerprint density at radius 1 is 0.667 bits per heavy atom. The van der Waals surface area contributed by atoms with E-state index < -0.39 is 17.8 Å². The van der Waals surface area contributed by atoms with Gasteiger partial charge in [0.1, 0.15) is 19.0 Å². The predicted molar refractivity (Wildman–Crippen MR) is 279 cm³/mol. The van der Waals surface area contributed by atoms with Gasteiger partial charge in [-0.1, -0.05) is 36.4 Å². The Hall–Kier alpha value is -7.60. The van der Waals surface area contributed by atoms with Crippen molar-refractivity contribution < 1.29 is 57.2 Å². The highest BCUT2D eigenvalue weighted by molar-refractivity contribution is 6.14. The average Bonchev–Trinajstić information content (AvgIpc) is 4.04. The molecule has 75 heavy (non-hydrogen) atoms. The molecule has 1 fully saturated rings. The van der Waals surface area contributed by atoms with Crippen LogP contribution in [0.25, 0.3) is 0 Å². The molecule has 0 spiro atoms. The SMILES string of the molecule is COCCOCCOCCN(CCCC(=O)ON1C(=O)CCC1=O)c1cc(COc2cc3c(cc2C)C(=O)N2c4ccccc4C[C@H]2C=N3)cc(COc2cc3c(cc2OC)C(=O)N2c4ccccc4C[C@H]2CC3)c1. The van der Waals surface area contributed by atoms with E-state index in [1.807, 2.05) is 102 Å². The first-order chi connectivity index (χ1) is 36.6. The van der Waals surface area contributed by atoms with Gasteiger partial charge in [0.05, 0.1) is 57.4 Å². The van der Waals surface area contributed by atoms with Gasteiger partial charge < -0.3 is 43.1 Å². The third-order valence-corrected chi connectivity index (χ3v) is 14.3. The Kier molecular flexibility index (Phi) is 15.5. The quantitative estimate of drug-likeness (QED) is 0.0485. The number of aliphatic imine (C=N–C) groups is 1. The van der Waals surface area contributed by atoms with Crippen LogP contribution in [0.2, 0.25) is 0 Å². The molecule has 0 radical (unpaired) electrons. The lowest BCUT2D eigenvalue weighted by Gasteiger charge is -2.26. The Bertz CT molecular complexity index is 3010. The fourth-order valence-electron chi connectivity index (χ4n) is 10.5. The van der Waals surface area contributed by atoms with E-state index in [0.717, 1.165) is 57.7 Å². The molecule has 5 aromatic carbocycles. The minimum absolute atomic E-state index is 0.00517. The van der Waals surface area contributed by atoms with E-state index in [2.05, 4.69) is 11.0 Å². The molecule has 2 atom stereocenters. The van der Waals surface area contributed by atoms with Gasteiger partial charge in [0.25, 0.3) is 23.6 Å². The van der Waals surface area contributed by atoms with Crippen LogP contribution in [0.3, 0.4) is 0 Å². The number of carbonyl (C=O) groups is 5. The highest BCUT2D eigenvalue weighted by Gasteiger charge is 2.39. The van der Waals surface area contributed by atoms with Gasteiger partial charge in [-0.25, -0.2) is 4.79 Å². The number of fused-ring (bicyclic) bond motifs is 8. The van der Waals surface area contributed by atoms with Gasteiger partial charge in [-0.2, -0.15) is 0 Å². The lowest BCUT2D eigenvalue weighted by Crippen LogP contribution is -2.37. The zero-order chi connectivity index (χ0) is 52.0. The number of hydroxylamine groups is 2. The number of benzene rings is 5. The van der Waals surface area contributed by atoms with Crippen LogP contribution in [-0.4, -0.2) is 113 Å². The summed E-state index contributed by atoms with van der Waals surface area (Å²) in [5.74, 6) is -0.414. The van der Waals surface area contributed by atoms with Crippen LogP contribution in [0.5, 0.6) is 17.2 Å². The second-order valence-electron chi connectivity index (χ2n) is 19.3. The first kappa shape index (κ1) is 50.9. The summed E-state index contributed by atoms with van der Waals surface area (Å²) in [6.45, 7) is 4.97. The molecule has 10 rings (SSSR count). The molecule has 0 aromatic heterocycles. The topological polar surface area (TPSA) is 175 Å². The Balaban J connectivity index is 0.915. The van der Waals surface area contributed by atoms with E-state index in [-0.39, 0.29) is 56.4 Å². The molecule has 17 nitrogen and oxygen atoms in total. The van der Waals surface area contributed by atoms with Crippen molar-refractivity contribution in [1.82, 2.24) is 5.06 Å². The third-order valence-electron chi connectivity index (χ3n) is 14.3. The molecule has 5 heterocycles. The summed E-state index contributed by atoms with van der Waals surface area (Å²) in [6, 6.07) is 29.3. The summed E-state index contributed by atoms with van der Waals surface area (Å²) in [4.78, 5) is 81.6. The van der Waals surface area contributed by atoms with Crippen LogP contribution in [0.15, 0.2) is 96.0 Å². The van der Waals surface area contributed by atoms with Crippen LogP contribution in [-0.2, 0) is 65.9 Å². The molecule has 0 aliphatic carbocycles. The summed E-state index contributed by atoms with van der Waals surface area (Å²) in [7, 11) is 3.18. The summed E-state index contributed by atoms with van der Waals surface area (Å²) in [6.07, 6.45) is 5.12. The zero-order valence-corrected chi connectivity index (χ0v) is 42.5. The number of anilines is 3. The summed E-state index contributed by atoms with van der Waals surface area (Å²) in [5.41, 5.74) is 9.83. The minimum atomic E-state index is -0.687. The van der Waals surface area contributed by atoms with E-state index >= 15 is 0 Å². The van der Waals surface area contributed by atoms with Gasteiger partial charge in [0.15, 0.2) is 11.5 Å². The fourth-order valence-corrected chi connectivity index (χ4v) is 10.5. The number of amides is 4. The highest BCUT2D eigenvalue weighted by atomic mass is 16.7. The number of aryl methyl sites for hydroxylation is 2. The Morgan fingerprint density at radius 3 is 2.07 bits per heavy atom. The van der Waals surface area contributed by atoms with Gasteiger partial charge >= 0.3 is 5.97 Å². The van der Waals surface area contributed by atoms with Crippen molar-refractivity contribution >= 4 is 58.6 Å². The summed E-state index contributed by atoms with van der Waals surface area (Å²) in [5, 5.41) is 0.565. The molecular formula is C58H61N5O12. The second-order valence-corrected chi connectivity index (χ2v) is 19.3. The lowest BCUT2D eigenvalue weighted by atomic mass is 9.99. The summed E-state index contributed by atoms with van der Waals surface area (Å²) >= 11 is 0. The second kappa shape index (κ2) is 22.9. The molecule has 0 unspecified atom stereocenters. The molecule has 390 valence electrons. The van der Waals surface area contributed by atoms with Crippen molar-refractivity contribution in [1.29, 1.82) is 0 Å². The van der Waals surface area contributed by atoms with E-state index in [4.69, 9.17) is 38.3 Å². The highest BCUT2D eigenvalue weighted by Crippen LogP contribution is 2.42. The Morgan fingerprint density at radius 2 is 1.33 bits per heavy atom. The van der Waals surface area contributed by atoms with Gasteiger partial charge in [0, 0.05) is 86.8 Å². The van der Waals surface area contributed by atoms with Crippen LogP contribution < -0.4 is 28.9 Å². The zero-order valence-electron chi connectivity index (χ0n) is 42.5. The van der Waals surface area contributed by atoms with Crippen molar-refractivity contribution in [3.63, 3.8) is 0 Å². The smallest absolute Gasteiger partial charge is 0.333 e. The standard InChI is InChI=1S/C58H61N5O12/c1-37-25-47-48(59-34-45-30-42-10-5-7-12-50(42)62(45)58(47)68)33-51(37)73-35-38-26-39(36-74-53-31-40-14-15-43-29-41-9-4-6-11-49(41)61(43)57(67)46(40)32-52(53)70-3)28-44(27-38)60(19-20-71-23-24-72-22-21-69-2)18-8-13-56(66)75-63-54(64)16-17-55(63)65/h4-7,9-12,25-28,31-34,43,45H,8,13-24,29-30,35-36H2,1-3H3/t43-,45+/m1/s1. The van der Waals surface area contributed by atoms with Crippen molar-refractivity contribution in [2.24, 2.45) is 4.99 Å². The van der Waals surface area contributed by atoms with Gasteiger partial charge in [0.2, 0.25) is 0 Å².